The maximum Gasteiger partial charge on any atom is 0.268 e. The fourth-order valence-electron chi connectivity index (χ4n) is 3.22. The second-order valence-electron chi connectivity index (χ2n) is 6.70. The standard InChI is InChI=1S/C21H19ClN4O3/c1-14-21(28)25(17-7-2-3-8-18(17)29-14)13-20(27)24-19-9-10-23-26(19)12-15-5-4-6-16(22)11-15/h2-11,14H,12-13H2,1H3,(H,24,27)/t14-/m0/s1. The number of carbonyl (C=O) groups is 2. The molecule has 4 rings (SSSR count). The number of para-hydroxylation sites is 2. The average molecular weight is 411 g/mol. The highest BCUT2D eigenvalue weighted by Crippen LogP contribution is 2.33. The molecule has 7 nitrogen and oxygen atoms in total. The third kappa shape index (κ3) is 4.09. The van der Waals surface area contributed by atoms with E-state index in [2.05, 4.69) is 10.4 Å². The lowest BCUT2D eigenvalue weighted by molar-refractivity contribution is -0.127. The number of benzene rings is 2. The molecule has 1 aromatic heterocycles. The van der Waals surface area contributed by atoms with E-state index in [4.69, 9.17) is 16.3 Å². The maximum absolute atomic E-state index is 12.7. The second-order valence-corrected chi connectivity index (χ2v) is 7.14. The molecule has 2 amide bonds. The first-order valence-corrected chi connectivity index (χ1v) is 9.52. The molecule has 1 atom stereocenters. The van der Waals surface area contributed by atoms with Crippen LogP contribution in [0, 0.1) is 0 Å². The fourth-order valence-corrected chi connectivity index (χ4v) is 3.43. The van der Waals surface area contributed by atoms with Crippen molar-refractivity contribution >= 4 is 34.9 Å². The first-order valence-electron chi connectivity index (χ1n) is 9.14. The van der Waals surface area contributed by atoms with Gasteiger partial charge in [0, 0.05) is 11.1 Å². The lowest BCUT2D eigenvalue weighted by Gasteiger charge is -2.32. The summed E-state index contributed by atoms with van der Waals surface area (Å²) in [4.78, 5) is 26.7. The number of amides is 2. The zero-order chi connectivity index (χ0) is 20.4. The summed E-state index contributed by atoms with van der Waals surface area (Å²) < 4.78 is 7.28. The molecule has 0 fully saturated rings. The Morgan fingerprint density at radius 2 is 2.03 bits per heavy atom. The van der Waals surface area contributed by atoms with Gasteiger partial charge in [0.2, 0.25) is 5.91 Å². The van der Waals surface area contributed by atoms with Gasteiger partial charge in [0.05, 0.1) is 18.4 Å². The molecular weight excluding hydrogens is 392 g/mol. The fraction of sp³-hybridized carbons (Fsp3) is 0.190. The average Bonchev–Trinajstić information content (AvgIpc) is 3.12. The summed E-state index contributed by atoms with van der Waals surface area (Å²) in [5.74, 6) is 0.539. The second kappa shape index (κ2) is 7.97. The number of rotatable bonds is 5. The van der Waals surface area contributed by atoms with Crippen LogP contribution >= 0.6 is 11.6 Å². The van der Waals surface area contributed by atoms with Crippen molar-refractivity contribution in [3.63, 3.8) is 0 Å². The summed E-state index contributed by atoms with van der Waals surface area (Å²) in [6.07, 6.45) is 0.961. The van der Waals surface area contributed by atoms with Crippen molar-refractivity contribution < 1.29 is 14.3 Å². The molecule has 1 N–H and O–H groups in total. The molecule has 8 heteroatoms. The van der Waals surface area contributed by atoms with Crippen molar-refractivity contribution in [3.8, 4) is 5.75 Å². The minimum Gasteiger partial charge on any atom is -0.479 e. The van der Waals surface area contributed by atoms with Crippen LogP contribution in [0.4, 0.5) is 11.5 Å². The summed E-state index contributed by atoms with van der Waals surface area (Å²) in [6, 6.07) is 16.3. The van der Waals surface area contributed by atoms with Crippen molar-refractivity contribution in [1.29, 1.82) is 0 Å². The number of nitrogens with one attached hydrogen (secondary N) is 1. The molecule has 2 aromatic carbocycles. The van der Waals surface area contributed by atoms with Crippen molar-refractivity contribution in [1.82, 2.24) is 9.78 Å². The monoisotopic (exact) mass is 410 g/mol. The highest BCUT2D eigenvalue weighted by atomic mass is 35.5. The summed E-state index contributed by atoms with van der Waals surface area (Å²) >= 11 is 6.04. The highest BCUT2D eigenvalue weighted by Gasteiger charge is 2.32. The van der Waals surface area contributed by atoms with Crippen LogP contribution in [0.25, 0.3) is 0 Å². The van der Waals surface area contributed by atoms with Gasteiger partial charge in [-0.2, -0.15) is 5.10 Å². The van der Waals surface area contributed by atoms with E-state index in [0.29, 0.717) is 28.8 Å². The van der Waals surface area contributed by atoms with Crippen molar-refractivity contribution in [3.05, 3.63) is 71.4 Å². The van der Waals surface area contributed by atoms with Gasteiger partial charge in [0.25, 0.3) is 5.91 Å². The molecule has 29 heavy (non-hydrogen) atoms. The lowest BCUT2D eigenvalue weighted by Crippen LogP contribution is -2.47. The molecule has 0 aliphatic carbocycles. The number of hydrogen-bond donors (Lipinski definition) is 1. The van der Waals surface area contributed by atoms with Crippen molar-refractivity contribution in [2.24, 2.45) is 0 Å². The van der Waals surface area contributed by atoms with Gasteiger partial charge < -0.3 is 10.1 Å². The van der Waals surface area contributed by atoms with Crippen LogP contribution in [0.1, 0.15) is 12.5 Å². The first kappa shape index (κ1) is 19.0. The number of anilines is 2. The summed E-state index contributed by atoms with van der Waals surface area (Å²) in [7, 11) is 0. The van der Waals surface area contributed by atoms with Gasteiger partial charge in [0.15, 0.2) is 6.10 Å². The number of fused-ring (bicyclic) bond motifs is 1. The lowest BCUT2D eigenvalue weighted by atomic mass is 10.2. The van der Waals surface area contributed by atoms with Gasteiger partial charge in [-0.05, 0) is 36.8 Å². The van der Waals surface area contributed by atoms with Crippen LogP contribution in [0.2, 0.25) is 5.02 Å². The van der Waals surface area contributed by atoms with Gasteiger partial charge in [-0.3, -0.25) is 14.5 Å². The number of aromatic nitrogens is 2. The van der Waals surface area contributed by atoms with Crippen LogP contribution < -0.4 is 15.0 Å². The molecule has 1 aliphatic heterocycles. The summed E-state index contributed by atoms with van der Waals surface area (Å²) in [5, 5.41) is 7.73. The Labute approximate surface area is 172 Å². The van der Waals surface area contributed by atoms with E-state index in [9.17, 15) is 9.59 Å². The minimum atomic E-state index is -0.647. The third-order valence-electron chi connectivity index (χ3n) is 4.58. The molecule has 0 unspecified atom stereocenters. The van der Waals surface area contributed by atoms with Gasteiger partial charge in [0.1, 0.15) is 18.1 Å². The summed E-state index contributed by atoms with van der Waals surface area (Å²) in [5.41, 5.74) is 1.54. The van der Waals surface area contributed by atoms with Crippen LogP contribution in [-0.2, 0) is 16.1 Å². The van der Waals surface area contributed by atoms with Gasteiger partial charge in [-0.1, -0.05) is 35.9 Å². The molecule has 1 aliphatic rings. The predicted octanol–water partition coefficient (Wildman–Crippen LogP) is 3.34. The highest BCUT2D eigenvalue weighted by molar-refractivity contribution is 6.30. The molecule has 0 saturated carbocycles. The van der Waals surface area contributed by atoms with Crippen LogP contribution in [0.5, 0.6) is 5.75 Å². The van der Waals surface area contributed by atoms with Crippen molar-refractivity contribution in [2.45, 2.75) is 19.6 Å². The van der Waals surface area contributed by atoms with E-state index in [-0.39, 0.29) is 18.4 Å². The van der Waals surface area contributed by atoms with E-state index in [1.807, 2.05) is 24.3 Å². The zero-order valence-corrected chi connectivity index (χ0v) is 16.5. The quantitative estimate of drug-likeness (QED) is 0.699. The number of ether oxygens (including phenoxy) is 1. The first-order chi connectivity index (χ1) is 14.0. The molecule has 148 valence electrons. The number of carbonyl (C=O) groups excluding carboxylic acids is 2. The Hall–Kier alpha value is -3.32. The van der Waals surface area contributed by atoms with E-state index in [1.165, 1.54) is 4.90 Å². The molecule has 0 bridgehead atoms. The van der Waals surface area contributed by atoms with Crippen LogP contribution in [-0.4, -0.2) is 34.2 Å². The largest absolute Gasteiger partial charge is 0.479 e. The number of nitrogens with zero attached hydrogens (tertiary/aromatic N) is 3. The Balaban J connectivity index is 1.48. The number of hydrogen-bond acceptors (Lipinski definition) is 4. The molecule has 3 aromatic rings. The van der Waals surface area contributed by atoms with E-state index in [0.717, 1.165) is 5.56 Å². The number of halogens is 1. The molecular formula is C21H19ClN4O3. The minimum absolute atomic E-state index is 0.119. The van der Waals surface area contributed by atoms with Gasteiger partial charge in [-0.25, -0.2) is 4.68 Å². The Bertz CT molecular complexity index is 1070. The molecule has 0 spiro atoms. The molecule has 0 saturated heterocycles. The SMILES string of the molecule is C[C@@H]1Oc2ccccc2N(CC(=O)Nc2ccnn2Cc2cccc(Cl)c2)C1=O. The van der Waals surface area contributed by atoms with Crippen LogP contribution in [0.15, 0.2) is 60.8 Å². The molecule has 0 radical (unpaired) electrons. The zero-order valence-electron chi connectivity index (χ0n) is 15.7. The Morgan fingerprint density at radius 3 is 2.86 bits per heavy atom. The topological polar surface area (TPSA) is 76.5 Å². The van der Waals surface area contributed by atoms with E-state index < -0.39 is 6.10 Å². The van der Waals surface area contributed by atoms with Gasteiger partial charge in [-0.15, -0.1) is 0 Å². The maximum atomic E-state index is 12.7. The smallest absolute Gasteiger partial charge is 0.268 e. The summed E-state index contributed by atoms with van der Waals surface area (Å²) in [6.45, 7) is 2.01. The molecule has 2 heterocycles. The van der Waals surface area contributed by atoms with Gasteiger partial charge >= 0.3 is 0 Å². The van der Waals surface area contributed by atoms with Crippen LogP contribution in [0.3, 0.4) is 0 Å². The normalized spacial score (nSPS) is 15.6. The predicted molar refractivity (Wildman–Crippen MR) is 110 cm³/mol. The van der Waals surface area contributed by atoms with E-state index >= 15 is 0 Å². The Kier molecular flexibility index (Phi) is 5.22. The Morgan fingerprint density at radius 1 is 1.21 bits per heavy atom. The van der Waals surface area contributed by atoms with Crippen molar-refractivity contribution in [2.75, 3.05) is 16.8 Å². The van der Waals surface area contributed by atoms with E-state index in [1.54, 1.807) is 48.1 Å². The third-order valence-corrected chi connectivity index (χ3v) is 4.82.